The Hall–Kier alpha value is -1.50. The van der Waals surface area contributed by atoms with Gasteiger partial charge in [-0.3, -0.25) is 0 Å². The summed E-state index contributed by atoms with van der Waals surface area (Å²) in [5.74, 6) is 5.09. The number of benzene rings is 2. The second kappa shape index (κ2) is 12.1. The molecule has 4 rings (SSSR count). The topological polar surface area (TPSA) is 9.23 Å². The summed E-state index contributed by atoms with van der Waals surface area (Å²) in [6, 6.07) is 13.5. The van der Waals surface area contributed by atoms with Crippen molar-refractivity contribution in [2.24, 2.45) is 23.7 Å². The second-order valence-corrected chi connectivity index (χ2v) is 10.9. The largest absolute Gasteiger partial charge is 0.494 e. The third-order valence-electron chi connectivity index (χ3n) is 8.69. The van der Waals surface area contributed by atoms with Crippen LogP contribution in [0.2, 0.25) is 0 Å². The van der Waals surface area contributed by atoms with Crippen molar-refractivity contribution in [1.29, 1.82) is 0 Å². The minimum atomic E-state index is 0.728. The number of unbranched alkanes of at least 4 members (excludes halogenated alkanes) is 2. The maximum atomic E-state index is 5.65. The summed E-state index contributed by atoms with van der Waals surface area (Å²) in [5.41, 5.74) is 1.50. The summed E-state index contributed by atoms with van der Waals surface area (Å²) < 4.78 is 5.65. The van der Waals surface area contributed by atoms with E-state index in [9.17, 15) is 0 Å². The molecule has 0 unspecified atom stereocenters. The molecule has 1 heteroatoms. The van der Waals surface area contributed by atoms with Gasteiger partial charge < -0.3 is 4.74 Å². The first-order valence-electron chi connectivity index (χ1n) is 13.9. The lowest BCUT2D eigenvalue weighted by molar-refractivity contribution is 0.140. The van der Waals surface area contributed by atoms with Crippen molar-refractivity contribution >= 4 is 10.8 Å². The van der Waals surface area contributed by atoms with E-state index in [2.05, 4.69) is 43.3 Å². The average molecular weight is 435 g/mol. The molecule has 0 N–H and O–H groups in total. The van der Waals surface area contributed by atoms with E-state index in [1.54, 1.807) is 0 Å². The van der Waals surface area contributed by atoms with Crippen LogP contribution in [0.4, 0.5) is 0 Å². The van der Waals surface area contributed by atoms with Crippen molar-refractivity contribution in [3.05, 3.63) is 42.0 Å². The Labute approximate surface area is 197 Å². The lowest BCUT2D eigenvalue weighted by Crippen LogP contribution is -2.26. The predicted octanol–water partition coefficient (Wildman–Crippen LogP) is 9.36. The first-order chi connectivity index (χ1) is 15.7. The fourth-order valence-electron chi connectivity index (χ4n) is 6.64. The number of aryl methyl sites for hydroxylation is 1. The van der Waals surface area contributed by atoms with Gasteiger partial charge in [0.1, 0.15) is 5.75 Å². The van der Waals surface area contributed by atoms with Crippen LogP contribution < -0.4 is 4.74 Å². The van der Waals surface area contributed by atoms with Crippen LogP contribution in [-0.2, 0) is 6.42 Å². The molecule has 32 heavy (non-hydrogen) atoms. The van der Waals surface area contributed by atoms with Gasteiger partial charge in [-0.15, -0.1) is 0 Å². The van der Waals surface area contributed by atoms with Gasteiger partial charge in [-0.05, 0) is 97.6 Å². The van der Waals surface area contributed by atoms with Crippen molar-refractivity contribution in [2.75, 3.05) is 6.61 Å². The van der Waals surface area contributed by atoms with Crippen LogP contribution in [-0.4, -0.2) is 6.61 Å². The van der Waals surface area contributed by atoms with E-state index >= 15 is 0 Å². The molecule has 2 aromatic carbocycles. The van der Waals surface area contributed by atoms with Gasteiger partial charge in [0.15, 0.2) is 0 Å². The van der Waals surface area contributed by atoms with Gasteiger partial charge >= 0.3 is 0 Å². The lowest BCUT2D eigenvalue weighted by Gasteiger charge is -2.38. The predicted molar refractivity (Wildman–Crippen MR) is 138 cm³/mol. The highest BCUT2D eigenvalue weighted by molar-refractivity contribution is 5.84. The Morgan fingerprint density at radius 1 is 0.688 bits per heavy atom. The van der Waals surface area contributed by atoms with Crippen LogP contribution in [0.15, 0.2) is 36.4 Å². The van der Waals surface area contributed by atoms with E-state index in [-0.39, 0.29) is 0 Å². The molecule has 0 aromatic heterocycles. The molecule has 176 valence electrons. The minimum absolute atomic E-state index is 0.728. The third kappa shape index (κ3) is 6.52. The Kier molecular flexibility index (Phi) is 8.94. The van der Waals surface area contributed by atoms with E-state index in [0.717, 1.165) is 36.0 Å². The van der Waals surface area contributed by atoms with Crippen molar-refractivity contribution < 1.29 is 4.74 Å². The molecule has 1 nitrogen and oxygen atoms in total. The standard InChI is InChI=1S/C31H46O/c1-3-5-6-7-24-10-15-27(16-11-24)28-17-12-25(13-18-28)8-9-26-14-19-30-23-31(32-4-2)21-20-29(30)22-26/h14,19-25,27-28H,3-13,15-18H2,1-2H3. The van der Waals surface area contributed by atoms with Crippen molar-refractivity contribution in [1.82, 2.24) is 0 Å². The van der Waals surface area contributed by atoms with Crippen LogP contribution in [0, 0.1) is 23.7 Å². The quantitative estimate of drug-likeness (QED) is 0.338. The molecule has 0 radical (unpaired) electrons. The lowest BCUT2D eigenvalue weighted by atomic mass is 9.68. The summed E-state index contributed by atoms with van der Waals surface area (Å²) >= 11 is 0. The van der Waals surface area contributed by atoms with Crippen LogP contribution in [0.25, 0.3) is 10.8 Å². The van der Waals surface area contributed by atoms with E-state index in [1.807, 2.05) is 6.92 Å². The molecule has 2 saturated carbocycles. The first-order valence-corrected chi connectivity index (χ1v) is 13.9. The monoisotopic (exact) mass is 434 g/mol. The number of hydrogen-bond donors (Lipinski definition) is 0. The Morgan fingerprint density at radius 3 is 1.97 bits per heavy atom. The van der Waals surface area contributed by atoms with Crippen LogP contribution in [0.3, 0.4) is 0 Å². The highest BCUT2D eigenvalue weighted by atomic mass is 16.5. The van der Waals surface area contributed by atoms with E-state index in [0.29, 0.717) is 0 Å². The molecule has 0 aliphatic heterocycles. The number of fused-ring (bicyclic) bond motifs is 1. The van der Waals surface area contributed by atoms with Gasteiger partial charge in [0.05, 0.1) is 6.61 Å². The SMILES string of the molecule is CCCCCC1CCC(C2CCC(CCc3ccc4cc(OCC)ccc4c3)CC2)CC1. The molecule has 2 aliphatic carbocycles. The summed E-state index contributed by atoms with van der Waals surface area (Å²) in [5, 5.41) is 2.64. The Bertz CT molecular complexity index is 808. The Balaban J connectivity index is 1.18. The number of ether oxygens (including phenoxy) is 1. The highest BCUT2D eigenvalue weighted by Gasteiger charge is 2.30. The van der Waals surface area contributed by atoms with Gasteiger partial charge in [-0.2, -0.15) is 0 Å². The van der Waals surface area contributed by atoms with E-state index < -0.39 is 0 Å². The fourth-order valence-corrected chi connectivity index (χ4v) is 6.64. The van der Waals surface area contributed by atoms with Gasteiger partial charge in [0.2, 0.25) is 0 Å². The molecule has 2 fully saturated rings. The zero-order chi connectivity index (χ0) is 22.2. The molecule has 0 saturated heterocycles. The summed E-state index contributed by atoms with van der Waals surface area (Å²) in [6.07, 6.45) is 20.5. The van der Waals surface area contributed by atoms with E-state index in [4.69, 9.17) is 4.74 Å². The number of hydrogen-bond acceptors (Lipinski definition) is 1. The van der Waals surface area contributed by atoms with Crippen molar-refractivity contribution in [2.45, 2.75) is 104 Å². The van der Waals surface area contributed by atoms with Crippen molar-refractivity contribution in [3.63, 3.8) is 0 Å². The molecule has 2 aromatic rings. The second-order valence-electron chi connectivity index (χ2n) is 10.9. The zero-order valence-corrected chi connectivity index (χ0v) is 20.8. The minimum Gasteiger partial charge on any atom is -0.494 e. The highest BCUT2D eigenvalue weighted by Crippen LogP contribution is 2.43. The van der Waals surface area contributed by atoms with Crippen LogP contribution in [0.5, 0.6) is 5.75 Å². The molecular formula is C31H46O. The summed E-state index contributed by atoms with van der Waals surface area (Å²) in [7, 11) is 0. The summed E-state index contributed by atoms with van der Waals surface area (Å²) in [6.45, 7) is 5.10. The Morgan fingerprint density at radius 2 is 1.31 bits per heavy atom. The molecule has 0 heterocycles. The molecular weight excluding hydrogens is 388 g/mol. The zero-order valence-electron chi connectivity index (χ0n) is 20.8. The fraction of sp³-hybridized carbons (Fsp3) is 0.677. The van der Waals surface area contributed by atoms with E-state index in [1.165, 1.54) is 106 Å². The van der Waals surface area contributed by atoms with Crippen LogP contribution >= 0.6 is 0 Å². The summed E-state index contributed by atoms with van der Waals surface area (Å²) in [4.78, 5) is 0. The van der Waals surface area contributed by atoms with Gasteiger partial charge in [-0.25, -0.2) is 0 Å². The van der Waals surface area contributed by atoms with Crippen molar-refractivity contribution in [3.8, 4) is 5.75 Å². The van der Waals surface area contributed by atoms with Crippen LogP contribution in [0.1, 0.15) is 103 Å². The first kappa shape index (κ1) is 23.7. The molecule has 0 bridgehead atoms. The van der Waals surface area contributed by atoms with Gasteiger partial charge in [-0.1, -0.05) is 82.6 Å². The molecule has 2 aliphatic rings. The average Bonchev–Trinajstić information content (AvgIpc) is 2.84. The third-order valence-corrected chi connectivity index (χ3v) is 8.69. The number of rotatable bonds is 10. The maximum absolute atomic E-state index is 5.65. The molecule has 0 atom stereocenters. The van der Waals surface area contributed by atoms with Gasteiger partial charge in [0.25, 0.3) is 0 Å². The normalized spacial score (nSPS) is 26.3. The molecule has 0 spiro atoms. The smallest absolute Gasteiger partial charge is 0.119 e. The molecule has 0 amide bonds. The van der Waals surface area contributed by atoms with Gasteiger partial charge in [0, 0.05) is 0 Å². The maximum Gasteiger partial charge on any atom is 0.119 e.